The minimum Gasteiger partial charge on any atom is -0.439 e. The van der Waals surface area contributed by atoms with E-state index in [1.165, 1.54) is 36.5 Å². The van der Waals surface area contributed by atoms with E-state index in [0.29, 0.717) is 5.56 Å². The van der Waals surface area contributed by atoms with Crippen LogP contribution in [0.25, 0.3) is 11.3 Å². The van der Waals surface area contributed by atoms with Crippen molar-refractivity contribution in [3.8, 4) is 34.8 Å². The van der Waals surface area contributed by atoms with Crippen LogP contribution < -0.4 is 9.47 Å². The van der Waals surface area contributed by atoms with Gasteiger partial charge in [-0.25, -0.2) is 9.97 Å². The van der Waals surface area contributed by atoms with Crippen molar-refractivity contribution in [2.75, 3.05) is 0 Å². The van der Waals surface area contributed by atoms with Crippen LogP contribution in [0.1, 0.15) is 11.1 Å². The van der Waals surface area contributed by atoms with Gasteiger partial charge in [0.25, 0.3) is 0 Å². The highest BCUT2D eigenvalue weighted by molar-refractivity contribution is 5.62. The Bertz CT molecular complexity index is 1050. The molecule has 0 saturated heterocycles. The summed E-state index contributed by atoms with van der Waals surface area (Å²) in [5.74, 6) is -0.373. The van der Waals surface area contributed by atoms with Gasteiger partial charge in [0, 0.05) is 23.9 Å². The quantitative estimate of drug-likeness (QED) is 0.528. The van der Waals surface area contributed by atoms with Crippen LogP contribution in [-0.4, -0.2) is 16.6 Å². The largest absolute Gasteiger partial charge is 0.439 e. The van der Waals surface area contributed by atoms with Crippen molar-refractivity contribution in [1.29, 1.82) is 5.26 Å². The summed E-state index contributed by atoms with van der Waals surface area (Å²) in [6, 6.07) is 11.3. The van der Waals surface area contributed by atoms with Crippen molar-refractivity contribution >= 4 is 0 Å². The SMILES string of the molecule is N#Cc1cc(Oc2ccnc(OC(F)F)c2)nc(-c2ccc(C(F)(F)F)cc2)c1. The molecule has 148 valence electrons. The number of alkyl halides is 5. The van der Waals surface area contributed by atoms with E-state index in [1.807, 2.05) is 6.07 Å². The fourth-order valence-electron chi connectivity index (χ4n) is 2.33. The molecular formula is C19H10F5N3O2. The van der Waals surface area contributed by atoms with Gasteiger partial charge in [0.15, 0.2) is 0 Å². The van der Waals surface area contributed by atoms with Crippen LogP contribution in [0.3, 0.4) is 0 Å². The smallest absolute Gasteiger partial charge is 0.416 e. The summed E-state index contributed by atoms with van der Waals surface area (Å²) in [5, 5.41) is 9.20. The fraction of sp³-hybridized carbons (Fsp3) is 0.105. The molecule has 3 rings (SSSR count). The summed E-state index contributed by atoms with van der Waals surface area (Å²) in [4.78, 5) is 7.77. The topological polar surface area (TPSA) is 68.0 Å². The molecule has 0 fully saturated rings. The van der Waals surface area contributed by atoms with Gasteiger partial charge < -0.3 is 9.47 Å². The zero-order valence-electron chi connectivity index (χ0n) is 14.3. The van der Waals surface area contributed by atoms with Crippen molar-refractivity contribution in [1.82, 2.24) is 9.97 Å². The summed E-state index contributed by atoms with van der Waals surface area (Å²) >= 11 is 0. The van der Waals surface area contributed by atoms with Gasteiger partial charge in [-0.3, -0.25) is 0 Å². The Morgan fingerprint density at radius 1 is 0.966 bits per heavy atom. The number of nitrogens with zero attached hydrogens (tertiary/aromatic N) is 3. The average Bonchev–Trinajstić information content (AvgIpc) is 2.67. The highest BCUT2D eigenvalue weighted by Crippen LogP contribution is 2.32. The molecule has 0 unspecified atom stereocenters. The van der Waals surface area contributed by atoms with Crippen molar-refractivity contribution in [3.05, 3.63) is 65.9 Å². The summed E-state index contributed by atoms with van der Waals surface area (Å²) in [6.45, 7) is -3.07. The lowest BCUT2D eigenvalue weighted by molar-refractivity contribution is -0.137. The van der Waals surface area contributed by atoms with Crippen LogP contribution >= 0.6 is 0 Å². The molecule has 2 aromatic heterocycles. The number of hydrogen-bond acceptors (Lipinski definition) is 5. The molecule has 0 saturated carbocycles. The summed E-state index contributed by atoms with van der Waals surface area (Å²) in [7, 11) is 0. The normalized spacial score (nSPS) is 11.2. The zero-order chi connectivity index (χ0) is 21.0. The Kier molecular flexibility index (Phi) is 5.59. The maximum absolute atomic E-state index is 12.7. The summed E-state index contributed by atoms with van der Waals surface area (Å²) < 4.78 is 72.4. The lowest BCUT2D eigenvalue weighted by Crippen LogP contribution is -2.04. The lowest BCUT2D eigenvalue weighted by atomic mass is 10.1. The number of benzene rings is 1. The molecule has 3 aromatic rings. The highest BCUT2D eigenvalue weighted by Gasteiger charge is 2.30. The van der Waals surface area contributed by atoms with E-state index in [2.05, 4.69) is 14.7 Å². The van der Waals surface area contributed by atoms with Gasteiger partial charge in [0.2, 0.25) is 11.8 Å². The third-order valence-corrected chi connectivity index (χ3v) is 3.58. The molecule has 1 aromatic carbocycles. The molecule has 0 bridgehead atoms. The molecule has 0 radical (unpaired) electrons. The first-order valence-corrected chi connectivity index (χ1v) is 7.93. The van der Waals surface area contributed by atoms with Crippen LogP contribution in [-0.2, 0) is 6.18 Å². The number of nitriles is 1. The lowest BCUT2D eigenvalue weighted by Gasteiger charge is -2.10. The Labute approximate surface area is 161 Å². The van der Waals surface area contributed by atoms with E-state index in [1.54, 1.807) is 0 Å². The predicted octanol–water partition coefficient (Wildman–Crippen LogP) is 5.43. The summed E-state index contributed by atoms with van der Waals surface area (Å²) in [5.41, 5.74) is -0.150. The van der Waals surface area contributed by atoms with Crippen LogP contribution in [0.15, 0.2) is 54.7 Å². The van der Waals surface area contributed by atoms with E-state index < -0.39 is 18.4 Å². The molecule has 0 atom stereocenters. The fourth-order valence-corrected chi connectivity index (χ4v) is 2.33. The van der Waals surface area contributed by atoms with Gasteiger partial charge in [-0.15, -0.1) is 0 Å². The molecule has 10 heteroatoms. The minimum atomic E-state index is -4.48. The van der Waals surface area contributed by atoms with Gasteiger partial charge >= 0.3 is 12.8 Å². The van der Waals surface area contributed by atoms with Gasteiger partial charge in [0.05, 0.1) is 22.9 Å². The second-order valence-electron chi connectivity index (χ2n) is 5.58. The number of hydrogen-bond donors (Lipinski definition) is 0. The Hall–Kier alpha value is -3.74. The second-order valence-corrected chi connectivity index (χ2v) is 5.58. The van der Waals surface area contributed by atoms with Crippen molar-refractivity contribution in [2.45, 2.75) is 12.8 Å². The van der Waals surface area contributed by atoms with E-state index in [-0.39, 0.29) is 28.8 Å². The molecule has 0 amide bonds. The molecule has 29 heavy (non-hydrogen) atoms. The molecule has 0 aliphatic carbocycles. The second kappa shape index (κ2) is 8.10. The molecular weight excluding hydrogens is 397 g/mol. The van der Waals surface area contributed by atoms with E-state index in [4.69, 9.17) is 4.74 Å². The van der Waals surface area contributed by atoms with Crippen molar-refractivity contribution in [3.63, 3.8) is 0 Å². The van der Waals surface area contributed by atoms with Gasteiger partial charge in [-0.2, -0.15) is 27.2 Å². The van der Waals surface area contributed by atoms with Gasteiger partial charge in [-0.05, 0) is 24.3 Å². The van der Waals surface area contributed by atoms with Crippen molar-refractivity contribution in [2.24, 2.45) is 0 Å². The van der Waals surface area contributed by atoms with Gasteiger partial charge in [0.1, 0.15) is 5.75 Å². The zero-order valence-corrected chi connectivity index (χ0v) is 14.3. The highest BCUT2D eigenvalue weighted by atomic mass is 19.4. The number of halogens is 5. The molecule has 2 heterocycles. The Balaban J connectivity index is 1.91. The molecule has 0 aliphatic rings. The minimum absolute atomic E-state index is 0.0619. The van der Waals surface area contributed by atoms with Crippen LogP contribution in [0.2, 0.25) is 0 Å². The first-order valence-electron chi connectivity index (χ1n) is 7.93. The monoisotopic (exact) mass is 407 g/mol. The maximum atomic E-state index is 12.7. The number of aromatic nitrogens is 2. The van der Waals surface area contributed by atoms with E-state index in [9.17, 15) is 27.2 Å². The van der Waals surface area contributed by atoms with E-state index >= 15 is 0 Å². The predicted molar refractivity (Wildman–Crippen MR) is 90.3 cm³/mol. The van der Waals surface area contributed by atoms with Crippen molar-refractivity contribution < 1.29 is 31.4 Å². The maximum Gasteiger partial charge on any atom is 0.416 e. The standard InChI is InChI=1S/C19H10F5N3O2/c20-18(21)29-16-9-14(5-6-26-16)28-17-8-11(10-25)7-15(27-17)12-1-3-13(4-2-12)19(22,23)24/h1-9,18H. The molecule has 0 N–H and O–H groups in total. The molecule has 0 spiro atoms. The Morgan fingerprint density at radius 2 is 1.69 bits per heavy atom. The third-order valence-electron chi connectivity index (χ3n) is 3.58. The average molecular weight is 407 g/mol. The molecule has 0 aliphatic heterocycles. The Morgan fingerprint density at radius 3 is 2.31 bits per heavy atom. The van der Waals surface area contributed by atoms with Crippen LogP contribution in [0, 0.1) is 11.3 Å². The first kappa shape index (κ1) is 20.0. The van der Waals surface area contributed by atoms with Gasteiger partial charge in [-0.1, -0.05) is 12.1 Å². The summed E-state index contributed by atoms with van der Waals surface area (Å²) in [6.07, 6.45) is -3.30. The van der Waals surface area contributed by atoms with E-state index in [0.717, 1.165) is 18.2 Å². The van der Waals surface area contributed by atoms with Crippen LogP contribution in [0.4, 0.5) is 22.0 Å². The third kappa shape index (κ3) is 5.16. The molecule has 5 nitrogen and oxygen atoms in total. The van der Waals surface area contributed by atoms with Crippen LogP contribution in [0.5, 0.6) is 17.5 Å². The number of rotatable bonds is 5. The number of ether oxygens (including phenoxy) is 2. The first-order chi connectivity index (χ1) is 13.7. The number of pyridine rings is 2.